The van der Waals surface area contributed by atoms with Crippen LogP contribution < -0.4 is 5.32 Å². The van der Waals surface area contributed by atoms with Gasteiger partial charge in [-0.3, -0.25) is 9.48 Å². The maximum Gasteiger partial charge on any atom is 0.329 e. The van der Waals surface area contributed by atoms with Gasteiger partial charge in [0.1, 0.15) is 11.2 Å². The van der Waals surface area contributed by atoms with E-state index in [0.29, 0.717) is 24.5 Å². The molecule has 0 spiro atoms. The van der Waals surface area contributed by atoms with Gasteiger partial charge in [0.15, 0.2) is 0 Å². The Kier molecular flexibility index (Phi) is 4.41. The van der Waals surface area contributed by atoms with Crippen LogP contribution in [0.4, 0.5) is 0 Å². The van der Waals surface area contributed by atoms with Crippen LogP contribution in [-0.2, 0) is 4.79 Å². The fourth-order valence-electron chi connectivity index (χ4n) is 3.86. The molecular weight excluding hydrogens is 294 g/mol. The summed E-state index contributed by atoms with van der Waals surface area (Å²) in [5.74, 6) is -0.723. The van der Waals surface area contributed by atoms with Gasteiger partial charge in [0.2, 0.25) is 0 Å². The highest BCUT2D eigenvalue weighted by Crippen LogP contribution is 2.33. The van der Waals surface area contributed by atoms with E-state index in [1.165, 1.54) is 0 Å². The molecule has 2 fully saturated rings. The summed E-state index contributed by atoms with van der Waals surface area (Å²) in [5.41, 5.74) is -0.648. The quantitative estimate of drug-likeness (QED) is 0.893. The smallest absolute Gasteiger partial charge is 0.329 e. The average molecular weight is 319 g/mol. The van der Waals surface area contributed by atoms with E-state index < -0.39 is 11.5 Å². The van der Waals surface area contributed by atoms with Crippen molar-refractivity contribution in [1.29, 1.82) is 0 Å². The van der Waals surface area contributed by atoms with Crippen molar-refractivity contribution < 1.29 is 14.7 Å². The highest BCUT2D eigenvalue weighted by molar-refractivity contribution is 5.96. The normalized spacial score (nSPS) is 28.7. The van der Waals surface area contributed by atoms with E-state index in [1.807, 2.05) is 0 Å². The van der Waals surface area contributed by atoms with Gasteiger partial charge < -0.3 is 10.4 Å². The molecule has 1 aromatic rings. The lowest BCUT2D eigenvalue weighted by atomic mass is 9.77. The van der Waals surface area contributed by atoms with Crippen LogP contribution in [0.2, 0.25) is 0 Å². The van der Waals surface area contributed by atoms with Gasteiger partial charge >= 0.3 is 5.97 Å². The van der Waals surface area contributed by atoms with E-state index in [9.17, 15) is 14.7 Å². The van der Waals surface area contributed by atoms with Crippen molar-refractivity contribution in [3.05, 3.63) is 18.0 Å². The zero-order chi connectivity index (χ0) is 16.4. The molecule has 2 aliphatic carbocycles. The van der Waals surface area contributed by atoms with Crippen LogP contribution in [0.1, 0.15) is 74.8 Å². The van der Waals surface area contributed by atoms with Crippen molar-refractivity contribution >= 4 is 11.9 Å². The molecule has 1 amide bonds. The van der Waals surface area contributed by atoms with Crippen LogP contribution in [0.25, 0.3) is 0 Å². The number of carbonyl (C=O) groups is 2. The molecule has 1 aromatic heterocycles. The summed E-state index contributed by atoms with van der Waals surface area (Å²) in [6.07, 6.45) is 8.64. The molecule has 0 aromatic carbocycles. The van der Waals surface area contributed by atoms with Crippen LogP contribution in [0.5, 0.6) is 0 Å². The molecular formula is C17H25N3O3. The monoisotopic (exact) mass is 319 g/mol. The number of carboxylic acid groups (broad SMARTS) is 1. The summed E-state index contributed by atoms with van der Waals surface area (Å²) in [4.78, 5) is 24.5. The molecule has 1 heterocycles. The third kappa shape index (κ3) is 3.12. The SMILES string of the molecule is CC1CCC(NC(=O)c2ccnn2C2CCCC2)(C(=O)O)CC1. The second kappa shape index (κ2) is 6.34. The minimum atomic E-state index is -1.13. The second-order valence-electron chi connectivity index (χ2n) is 7.12. The first-order valence-corrected chi connectivity index (χ1v) is 8.61. The molecule has 23 heavy (non-hydrogen) atoms. The van der Waals surface area contributed by atoms with Gasteiger partial charge in [-0.1, -0.05) is 19.8 Å². The number of rotatable bonds is 4. The molecule has 3 rings (SSSR count). The number of aromatic nitrogens is 2. The van der Waals surface area contributed by atoms with Crippen molar-refractivity contribution in [2.24, 2.45) is 5.92 Å². The van der Waals surface area contributed by atoms with E-state index in [1.54, 1.807) is 16.9 Å². The minimum Gasteiger partial charge on any atom is -0.480 e. The van der Waals surface area contributed by atoms with Crippen molar-refractivity contribution in [3.8, 4) is 0 Å². The number of hydrogen-bond donors (Lipinski definition) is 2. The van der Waals surface area contributed by atoms with Crippen LogP contribution >= 0.6 is 0 Å². The highest BCUT2D eigenvalue weighted by Gasteiger charge is 2.43. The zero-order valence-corrected chi connectivity index (χ0v) is 13.6. The first-order chi connectivity index (χ1) is 11.0. The van der Waals surface area contributed by atoms with E-state index in [4.69, 9.17) is 0 Å². The van der Waals surface area contributed by atoms with Crippen molar-refractivity contribution in [1.82, 2.24) is 15.1 Å². The third-order valence-electron chi connectivity index (χ3n) is 5.46. The van der Waals surface area contributed by atoms with Gasteiger partial charge in [-0.2, -0.15) is 5.10 Å². The van der Waals surface area contributed by atoms with Crippen LogP contribution in [0.15, 0.2) is 12.3 Å². The van der Waals surface area contributed by atoms with E-state index >= 15 is 0 Å². The Morgan fingerprint density at radius 2 is 1.91 bits per heavy atom. The molecule has 0 saturated heterocycles. The maximum atomic E-state index is 12.7. The molecule has 2 saturated carbocycles. The van der Waals surface area contributed by atoms with Crippen LogP contribution in [0.3, 0.4) is 0 Å². The fraction of sp³-hybridized carbons (Fsp3) is 0.706. The summed E-state index contributed by atoms with van der Waals surface area (Å²) in [5, 5.41) is 16.8. The summed E-state index contributed by atoms with van der Waals surface area (Å²) < 4.78 is 1.78. The molecule has 0 atom stereocenters. The molecule has 0 unspecified atom stereocenters. The van der Waals surface area contributed by atoms with E-state index in [2.05, 4.69) is 17.3 Å². The molecule has 6 nitrogen and oxygen atoms in total. The predicted octanol–water partition coefficient (Wildman–Crippen LogP) is 2.76. The lowest BCUT2D eigenvalue weighted by Gasteiger charge is -2.36. The molecule has 2 aliphatic rings. The summed E-state index contributed by atoms with van der Waals surface area (Å²) in [7, 11) is 0. The molecule has 2 N–H and O–H groups in total. The van der Waals surface area contributed by atoms with Crippen molar-refractivity contribution in [3.63, 3.8) is 0 Å². The summed E-state index contributed by atoms with van der Waals surface area (Å²) in [6, 6.07) is 1.95. The van der Waals surface area contributed by atoms with Gasteiger partial charge in [0.05, 0.1) is 6.04 Å². The molecule has 0 aliphatic heterocycles. The van der Waals surface area contributed by atoms with Crippen LogP contribution in [0, 0.1) is 5.92 Å². The first kappa shape index (κ1) is 16.0. The van der Waals surface area contributed by atoms with E-state index in [-0.39, 0.29) is 11.9 Å². The Balaban J connectivity index is 1.78. The lowest BCUT2D eigenvalue weighted by Crippen LogP contribution is -2.56. The van der Waals surface area contributed by atoms with Gasteiger partial charge in [0, 0.05) is 6.20 Å². The number of carbonyl (C=O) groups excluding carboxylic acids is 1. The number of nitrogens with zero attached hydrogens (tertiary/aromatic N) is 2. The number of aliphatic carboxylic acids is 1. The second-order valence-corrected chi connectivity index (χ2v) is 7.12. The van der Waals surface area contributed by atoms with E-state index in [0.717, 1.165) is 38.5 Å². The van der Waals surface area contributed by atoms with Crippen LogP contribution in [-0.4, -0.2) is 32.3 Å². The molecule has 0 bridgehead atoms. The number of carboxylic acids is 1. The Morgan fingerprint density at radius 1 is 1.26 bits per heavy atom. The first-order valence-electron chi connectivity index (χ1n) is 8.61. The number of hydrogen-bond acceptors (Lipinski definition) is 3. The molecule has 126 valence electrons. The van der Waals surface area contributed by atoms with Gasteiger partial charge in [-0.25, -0.2) is 4.79 Å². The van der Waals surface area contributed by atoms with Gasteiger partial charge in [-0.15, -0.1) is 0 Å². The zero-order valence-electron chi connectivity index (χ0n) is 13.6. The average Bonchev–Trinajstić information content (AvgIpc) is 3.20. The summed E-state index contributed by atoms with van der Waals surface area (Å²) in [6.45, 7) is 2.13. The molecule has 0 radical (unpaired) electrons. The number of amides is 1. The van der Waals surface area contributed by atoms with Gasteiger partial charge in [-0.05, 0) is 50.5 Å². The Labute approximate surface area is 136 Å². The topological polar surface area (TPSA) is 84.2 Å². The van der Waals surface area contributed by atoms with Crippen molar-refractivity contribution in [2.45, 2.75) is 69.9 Å². The Bertz CT molecular complexity index is 582. The highest BCUT2D eigenvalue weighted by atomic mass is 16.4. The van der Waals surface area contributed by atoms with Gasteiger partial charge in [0.25, 0.3) is 5.91 Å². The Hall–Kier alpha value is -1.85. The third-order valence-corrected chi connectivity index (χ3v) is 5.46. The van der Waals surface area contributed by atoms with Crippen molar-refractivity contribution in [2.75, 3.05) is 0 Å². The lowest BCUT2D eigenvalue weighted by molar-refractivity contribution is -0.146. The summed E-state index contributed by atoms with van der Waals surface area (Å²) >= 11 is 0. The molecule has 6 heteroatoms. The number of nitrogens with one attached hydrogen (secondary N) is 1. The maximum absolute atomic E-state index is 12.7. The minimum absolute atomic E-state index is 0.262. The predicted molar refractivity (Wildman–Crippen MR) is 85.2 cm³/mol. The fourth-order valence-corrected chi connectivity index (χ4v) is 3.86. The standard InChI is InChI=1S/C17H25N3O3/c1-12-6-9-17(10-7-12,16(22)23)19-15(21)14-8-11-18-20(14)13-4-2-3-5-13/h8,11-13H,2-7,9-10H2,1H3,(H,19,21)(H,22,23). The largest absolute Gasteiger partial charge is 0.480 e. The Morgan fingerprint density at radius 3 is 2.52 bits per heavy atom.